The van der Waals surface area contributed by atoms with E-state index in [2.05, 4.69) is 4.98 Å². The van der Waals surface area contributed by atoms with Crippen LogP contribution in [0.1, 0.15) is 5.56 Å². The van der Waals surface area contributed by atoms with Crippen molar-refractivity contribution >= 4 is 22.9 Å². The van der Waals surface area contributed by atoms with Gasteiger partial charge < -0.3 is 9.78 Å². The standard InChI is InChI=1S/C10H8N2O3/c13-4-3-7-1-2-8-9(5-7)11-6-10(8)12(14)15/h1-2,4-6,11H,3H2. The van der Waals surface area contributed by atoms with Crippen molar-refractivity contribution in [3.05, 3.63) is 40.1 Å². The molecule has 1 aromatic heterocycles. The number of aldehydes is 1. The summed E-state index contributed by atoms with van der Waals surface area (Å²) in [6.45, 7) is 0. The summed E-state index contributed by atoms with van der Waals surface area (Å²) in [5.41, 5.74) is 1.58. The minimum Gasteiger partial charge on any atom is -0.355 e. The Balaban J connectivity index is 2.56. The van der Waals surface area contributed by atoms with Gasteiger partial charge in [-0.05, 0) is 17.7 Å². The normalized spacial score (nSPS) is 10.4. The first kappa shape index (κ1) is 9.39. The van der Waals surface area contributed by atoms with Crippen molar-refractivity contribution in [2.24, 2.45) is 0 Å². The third kappa shape index (κ3) is 1.59. The molecule has 0 atom stereocenters. The van der Waals surface area contributed by atoms with Gasteiger partial charge in [0.05, 0.1) is 22.0 Å². The van der Waals surface area contributed by atoms with Gasteiger partial charge in [0.15, 0.2) is 0 Å². The first-order chi connectivity index (χ1) is 7.22. The molecule has 0 saturated heterocycles. The van der Waals surface area contributed by atoms with Gasteiger partial charge in [0, 0.05) is 6.42 Å². The zero-order valence-corrected chi connectivity index (χ0v) is 7.77. The van der Waals surface area contributed by atoms with E-state index in [1.165, 1.54) is 6.20 Å². The molecule has 1 N–H and O–H groups in total. The zero-order valence-electron chi connectivity index (χ0n) is 7.77. The summed E-state index contributed by atoms with van der Waals surface area (Å²) in [4.78, 5) is 23.3. The van der Waals surface area contributed by atoms with E-state index in [0.717, 1.165) is 11.8 Å². The van der Waals surface area contributed by atoms with Crippen LogP contribution in [0.5, 0.6) is 0 Å². The smallest absolute Gasteiger partial charge is 0.294 e. The van der Waals surface area contributed by atoms with Crippen LogP contribution in [0.3, 0.4) is 0 Å². The molecule has 0 aliphatic rings. The van der Waals surface area contributed by atoms with Crippen molar-refractivity contribution in [1.29, 1.82) is 0 Å². The SMILES string of the molecule is O=CCc1ccc2c([N+](=O)[O-])c[nH]c2c1. The van der Waals surface area contributed by atoms with Crippen molar-refractivity contribution in [2.75, 3.05) is 0 Å². The lowest BCUT2D eigenvalue weighted by Gasteiger charge is -1.94. The highest BCUT2D eigenvalue weighted by Gasteiger charge is 2.13. The summed E-state index contributed by atoms with van der Waals surface area (Å²) in [7, 11) is 0. The number of aromatic amines is 1. The fraction of sp³-hybridized carbons (Fsp3) is 0.100. The monoisotopic (exact) mass is 204 g/mol. The summed E-state index contributed by atoms with van der Waals surface area (Å²) in [6, 6.07) is 5.12. The summed E-state index contributed by atoms with van der Waals surface area (Å²) in [6.07, 6.45) is 2.48. The van der Waals surface area contributed by atoms with E-state index in [1.807, 2.05) is 0 Å². The fourth-order valence-electron chi connectivity index (χ4n) is 1.53. The Kier molecular flexibility index (Phi) is 2.21. The number of nitrogens with one attached hydrogen (secondary N) is 1. The van der Waals surface area contributed by atoms with Crippen LogP contribution >= 0.6 is 0 Å². The third-order valence-corrected chi connectivity index (χ3v) is 2.24. The average Bonchev–Trinajstić information content (AvgIpc) is 2.61. The molecule has 76 valence electrons. The Morgan fingerprint density at radius 2 is 2.27 bits per heavy atom. The second kappa shape index (κ2) is 3.53. The van der Waals surface area contributed by atoms with Crippen LogP contribution in [0, 0.1) is 10.1 Å². The maximum atomic E-state index is 10.6. The average molecular weight is 204 g/mol. The lowest BCUT2D eigenvalue weighted by molar-refractivity contribution is -0.383. The number of rotatable bonds is 3. The van der Waals surface area contributed by atoms with Gasteiger partial charge in [0.1, 0.15) is 6.29 Å². The number of hydrogen-bond acceptors (Lipinski definition) is 3. The number of nitrogens with zero attached hydrogens (tertiary/aromatic N) is 1. The predicted octanol–water partition coefficient (Wildman–Crippen LogP) is 1.82. The van der Waals surface area contributed by atoms with Crippen LogP contribution in [-0.2, 0) is 11.2 Å². The fourth-order valence-corrected chi connectivity index (χ4v) is 1.53. The van der Waals surface area contributed by atoms with Crippen molar-refractivity contribution in [3.63, 3.8) is 0 Å². The molecule has 1 aromatic carbocycles. The van der Waals surface area contributed by atoms with Crippen LogP contribution in [0.25, 0.3) is 10.9 Å². The topological polar surface area (TPSA) is 76.0 Å². The number of hydrogen-bond donors (Lipinski definition) is 1. The van der Waals surface area contributed by atoms with Gasteiger partial charge in [-0.3, -0.25) is 10.1 Å². The molecule has 0 fully saturated rings. The van der Waals surface area contributed by atoms with E-state index in [9.17, 15) is 14.9 Å². The second-order valence-electron chi connectivity index (χ2n) is 3.18. The van der Waals surface area contributed by atoms with Crippen molar-refractivity contribution in [1.82, 2.24) is 4.98 Å². The number of carbonyl (C=O) groups is 1. The quantitative estimate of drug-likeness (QED) is 0.470. The molecular weight excluding hydrogens is 196 g/mol. The first-order valence-corrected chi connectivity index (χ1v) is 4.40. The summed E-state index contributed by atoms with van der Waals surface area (Å²) < 4.78 is 0. The second-order valence-corrected chi connectivity index (χ2v) is 3.18. The molecule has 0 aliphatic carbocycles. The molecule has 0 bridgehead atoms. The molecule has 0 radical (unpaired) electrons. The Bertz CT molecular complexity index is 530. The van der Waals surface area contributed by atoms with Gasteiger partial charge in [-0.1, -0.05) is 6.07 Å². The number of carbonyl (C=O) groups excluding carboxylic acids is 1. The van der Waals surface area contributed by atoms with Crippen LogP contribution in [0.2, 0.25) is 0 Å². The molecular formula is C10H8N2O3. The van der Waals surface area contributed by atoms with Crippen LogP contribution < -0.4 is 0 Å². The molecule has 1 heterocycles. The zero-order chi connectivity index (χ0) is 10.8. The lowest BCUT2D eigenvalue weighted by Crippen LogP contribution is -1.87. The minimum absolute atomic E-state index is 0.0580. The number of fused-ring (bicyclic) bond motifs is 1. The van der Waals surface area contributed by atoms with E-state index in [-0.39, 0.29) is 5.69 Å². The molecule has 15 heavy (non-hydrogen) atoms. The van der Waals surface area contributed by atoms with Gasteiger partial charge in [-0.2, -0.15) is 0 Å². The first-order valence-electron chi connectivity index (χ1n) is 4.40. The van der Waals surface area contributed by atoms with E-state index in [4.69, 9.17) is 0 Å². The largest absolute Gasteiger partial charge is 0.355 e. The van der Waals surface area contributed by atoms with E-state index < -0.39 is 4.92 Å². The summed E-state index contributed by atoms with van der Waals surface area (Å²) in [5, 5.41) is 11.2. The Morgan fingerprint density at radius 1 is 1.47 bits per heavy atom. The predicted molar refractivity (Wildman–Crippen MR) is 54.7 cm³/mol. The molecule has 0 amide bonds. The van der Waals surface area contributed by atoms with E-state index in [0.29, 0.717) is 17.3 Å². The Labute approximate surface area is 84.9 Å². The van der Waals surface area contributed by atoms with Crippen LogP contribution in [-0.4, -0.2) is 16.2 Å². The molecule has 5 nitrogen and oxygen atoms in total. The molecule has 5 heteroatoms. The van der Waals surface area contributed by atoms with Gasteiger partial charge in [0.2, 0.25) is 0 Å². The maximum Gasteiger partial charge on any atom is 0.294 e. The van der Waals surface area contributed by atoms with E-state index in [1.54, 1.807) is 18.2 Å². The molecule has 0 aliphatic heterocycles. The van der Waals surface area contributed by atoms with Crippen molar-refractivity contribution < 1.29 is 9.72 Å². The summed E-state index contributed by atoms with van der Waals surface area (Å²) >= 11 is 0. The number of H-pyrrole nitrogens is 1. The molecule has 2 aromatic rings. The highest BCUT2D eigenvalue weighted by atomic mass is 16.6. The van der Waals surface area contributed by atoms with Gasteiger partial charge >= 0.3 is 0 Å². The van der Waals surface area contributed by atoms with Gasteiger partial charge in [-0.15, -0.1) is 0 Å². The van der Waals surface area contributed by atoms with Gasteiger partial charge in [-0.25, -0.2) is 0 Å². The summed E-state index contributed by atoms with van der Waals surface area (Å²) in [5.74, 6) is 0. The lowest BCUT2D eigenvalue weighted by atomic mass is 10.1. The molecule has 0 spiro atoms. The third-order valence-electron chi connectivity index (χ3n) is 2.24. The Morgan fingerprint density at radius 3 is 2.93 bits per heavy atom. The van der Waals surface area contributed by atoms with Crippen molar-refractivity contribution in [2.45, 2.75) is 6.42 Å². The van der Waals surface area contributed by atoms with Crippen LogP contribution in [0.4, 0.5) is 5.69 Å². The molecule has 0 saturated carbocycles. The number of nitro groups is 1. The highest BCUT2D eigenvalue weighted by molar-refractivity contribution is 5.89. The van der Waals surface area contributed by atoms with Gasteiger partial charge in [0.25, 0.3) is 5.69 Å². The number of aromatic nitrogens is 1. The maximum absolute atomic E-state index is 10.6. The molecule has 2 rings (SSSR count). The van der Waals surface area contributed by atoms with Crippen molar-refractivity contribution in [3.8, 4) is 0 Å². The Hall–Kier alpha value is -2.17. The van der Waals surface area contributed by atoms with E-state index >= 15 is 0 Å². The minimum atomic E-state index is -0.432. The highest BCUT2D eigenvalue weighted by Crippen LogP contribution is 2.25. The van der Waals surface area contributed by atoms with Crippen LogP contribution in [0.15, 0.2) is 24.4 Å². The number of benzene rings is 1. The molecule has 0 unspecified atom stereocenters.